The van der Waals surface area contributed by atoms with Crippen LogP contribution >= 0.6 is 34.5 Å². The number of aromatic nitrogens is 1. The Bertz CT molecular complexity index is 1540. The molecule has 0 bridgehead atoms. The normalized spacial score (nSPS) is 11.6. The van der Waals surface area contributed by atoms with Gasteiger partial charge in [0.25, 0.3) is 15.9 Å². The van der Waals surface area contributed by atoms with Crippen LogP contribution in [0, 0.1) is 0 Å². The summed E-state index contributed by atoms with van der Waals surface area (Å²) in [6.07, 6.45) is 0.721. The standard InChI is InChI=1S/C26H26Cl2N4O4S2/c1-31(2)15-4-16-32(26-29-23-22(36-3)14-13-21(28)24(23)37-26)25(33)17-5-9-19(10-6-17)30-38(34,35)20-11-7-18(27)8-12-20/h5-14,30H,4,15-16H2,1-3H3. The summed E-state index contributed by atoms with van der Waals surface area (Å²) in [6, 6.07) is 15.6. The maximum Gasteiger partial charge on any atom is 0.261 e. The lowest BCUT2D eigenvalue weighted by Gasteiger charge is -2.21. The van der Waals surface area contributed by atoms with Gasteiger partial charge in [-0.15, -0.1) is 0 Å². The van der Waals surface area contributed by atoms with Crippen molar-refractivity contribution >= 4 is 71.5 Å². The number of hydrogen-bond donors (Lipinski definition) is 1. The first-order valence-electron chi connectivity index (χ1n) is 11.6. The number of fused-ring (bicyclic) bond motifs is 1. The van der Waals surface area contributed by atoms with Crippen LogP contribution in [0.2, 0.25) is 10.0 Å². The molecule has 4 rings (SSSR count). The molecule has 1 N–H and O–H groups in total. The zero-order valence-electron chi connectivity index (χ0n) is 20.9. The molecule has 0 aliphatic carbocycles. The van der Waals surface area contributed by atoms with E-state index < -0.39 is 10.0 Å². The minimum absolute atomic E-state index is 0.0824. The van der Waals surface area contributed by atoms with Crippen LogP contribution in [-0.4, -0.2) is 58.5 Å². The van der Waals surface area contributed by atoms with Crippen molar-refractivity contribution in [3.63, 3.8) is 0 Å². The first-order valence-corrected chi connectivity index (χ1v) is 14.6. The van der Waals surface area contributed by atoms with Crippen LogP contribution in [0.4, 0.5) is 10.8 Å². The highest BCUT2D eigenvalue weighted by Crippen LogP contribution is 2.39. The molecule has 200 valence electrons. The Morgan fingerprint density at radius 1 is 1.00 bits per heavy atom. The first-order chi connectivity index (χ1) is 18.1. The lowest BCUT2D eigenvalue weighted by atomic mass is 10.2. The number of carbonyl (C=O) groups is 1. The van der Waals surface area contributed by atoms with Crippen molar-refractivity contribution in [2.75, 3.05) is 43.9 Å². The van der Waals surface area contributed by atoms with Gasteiger partial charge in [-0.05, 0) is 87.7 Å². The van der Waals surface area contributed by atoms with Gasteiger partial charge < -0.3 is 9.64 Å². The summed E-state index contributed by atoms with van der Waals surface area (Å²) in [5, 5.41) is 1.47. The molecule has 0 unspecified atom stereocenters. The molecule has 1 heterocycles. The summed E-state index contributed by atoms with van der Waals surface area (Å²) in [5.41, 5.74) is 1.31. The van der Waals surface area contributed by atoms with Gasteiger partial charge in [0.1, 0.15) is 11.3 Å². The molecule has 8 nitrogen and oxygen atoms in total. The molecule has 1 aromatic heterocycles. The number of ether oxygens (including phenoxy) is 1. The van der Waals surface area contributed by atoms with Gasteiger partial charge in [-0.3, -0.25) is 14.4 Å². The Balaban J connectivity index is 1.61. The Labute approximate surface area is 235 Å². The number of benzene rings is 3. The molecule has 1 amide bonds. The SMILES string of the molecule is COc1ccc(Cl)c2sc(N(CCCN(C)C)C(=O)c3ccc(NS(=O)(=O)c4ccc(Cl)cc4)cc3)nc12. The summed E-state index contributed by atoms with van der Waals surface area (Å²) >= 11 is 13.6. The molecule has 0 atom stereocenters. The van der Waals surface area contributed by atoms with E-state index in [1.54, 1.807) is 48.4 Å². The van der Waals surface area contributed by atoms with Crippen LogP contribution in [0.3, 0.4) is 0 Å². The third-order valence-electron chi connectivity index (χ3n) is 5.64. The molecule has 0 radical (unpaired) electrons. The Hall–Kier alpha value is -2.89. The smallest absolute Gasteiger partial charge is 0.261 e. The van der Waals surface area contributed by atoms with Crippen LogP contribution in [-0.2, 0) is 10.0 Å². The molecule has 0 spiro atoms. The van der Waals surface area contributed by atoms with Crippen molar-refractivity contribution < 1.29 is 17.9 Å². The quantitative estimate of drug-likeness (QED) is 0.242. The highest BCUT2D eigenvalue weighted by molar-refractivity contribution is 7.92. The van der Waals surface area contributed by atoms with Crippen molar-refractivity contribution in [1.82, 2.24) is 9.88 Å². The molecule has 0 aliphatic heterocycles. The Morgan fingerprint density at radius 3 is 2.32 bits per heavy atom. The monoisotopic (exact) mass is 592 g/mol. The number of nitrogens with one attached hydrogen (secondary N) is 1. The van der Waals surface area contributed by atoms with Gasteiger partial charge in [-0.2, -0.15) is 0 Å². The fourth-order valence-electron chi connectivity index (χ4n) is 3.71. The number of anilines is 2. The molecule has 38 heavy (non-hydrogen) atoms. The maximum absolute atomic E-state index is 13.7. The van der Waals surface area contributed by atoms with Gasteiger partial charge in [0, 0.05) is 22.8 Å². The predicted octanol–water partition coefficient (Wildman–Crippen LogP) is 6.01. The largest absolute Gasteiger partial charge is 0.494 e. The van der Waals surface area contributed by atoms with Gasteiger partial charge in [-0.1, -0.05) is 34.5 Å². The van der Waals surface area contributed by atoms with E-state index in [1.807, 2.05) is 19.0 Å². The molecule has 0 fully saturated rings. The van der Waals surface area contributed by atoms with Crippen molar-refractivity contribution in [3.8, 4) is 5.75 Å². The highest BCUT2D eigenvalue weighted by atomic mass is 35.5. The second-order valence-corrected chi connectivity index (χ2v) is 12.2. The van der Waals surface area contributed by atoms with Crippen molar-refractivity contribution in [2.24, 2.45) is 0 Å². The third-order valence-corrected chi connectivity index (χ3v) is 8.83. The minimum Gasteiger partial charge on any atom is -0.494 e. The summed E-state index contributed by atoms with van der Waals surface area (Å²) in [4.78, 5) is 22.1. The Morgan fingerprint density at radius 2 is 1.68 bits per heavy atom. The van der Waals surface area contributed by atoms with Gasteiger partial charge >= 0.3 is 0 Å². The van der Waals surface area contributed by atoms with Gasteiger partial charge in [0.2, 0.25) is 0 Å². The van der Waals surface area contributed by atoms with E-state index in [1.165, 1.54) is 35.6 Å². The van der Waals surface area contributed by atoms with Gasteiger partial charge in [0.15, 0.2) is 5.13 Å². The van der Waals surface area contributed by atoms with Crippen LogP contribution in [0.15, 0.2) is 65.6 Å². The highest BCUT2D eigenvalue weighted by Gasteiger charge is 2.23. The molecule has 4 aromatic rings. The summed E-state index contributed by atoms with van der Waals surface area (Å²) in [7, 11) is 1.69. The number of sulfonamides is 1. The number of thiazole rings is 1. The molecule has 12 heteroatoms. The average molecular weight is 594 g/mol. The van der Waals surface area contributed by atoms with E-state index >= 15 is 0 Å². The lowest BCUT2D eigenvalue weighted by Crippen LogP contribution is -2.33. The number of hydrogen-bond acceptors (Lipinski definition) is 7. The summed E-state index contributed by atoms with van der Waals surface area (Å²) < 4.78 is 34.1. The second-order valence-electron chi connectivity index (χ2n) is 8.67. The predicted molar refractivity (Wildman–Crippen MR) is 155 cm³/mol. The minimum atomic E-state index is -3.81. The van der Waals surface area contributed by atoms with Crippen molar-refractivity contribution in [3.05, 3.63) is 76.3 Å². The second kappa shape index (κ2) is 11.9. The summed E-state index contributed by atoms with van der Waals surface area (Å²) in [6.45, 7) is 1.21. The number of halogens is 2. The lowest BCUT2D eigenvalue weighted by molar-refractivity contribution is 0.0986. The van der Waals surface area contributed by atoms with Crippen molar-refractivity contribution in [1.29, 1.82) is 0 Å². The molecule has 3 aromatic carbocycles. The fraction of sp³-hybridized carbons (Fsp3) is 0.231. The molecular formula is C26H26Cl2N4O4S2. The maximum atomic E-state index is 13.7. The average Bonchev–Trinajstić information content (AvgIpc) is 3.33. The van der Waals surface area contributed by atoms with Gasteiger partial charge in [0.05, 0.1) is 21.7 Å². The van der Waals surface area contributed by atoms with Crippen LogP contribution < -0.4 is 14.4 Å². The Kier molecular flexibility index (Phi) is 8.79. The van der Waals surface area contributed by atoms with E-state index in [0.29, 0.717) is 44.2 Å². The summed E-state index contributed by atoms with van der Waals surface area (Å²) in [5.74, 6) is 0.315. The zero-order valence-corrected chi connectivity index (χ0v) is 24.1. The van der Waals surface area contributed by atoms with Crippen molar-refractivity contribution in [2.45, 2.75) is 11.3 Å². The molecule has 0 saturated carbocycles. The van der Waals surface area contributed by atoms with E-state index in [2.05, 4.69) is 4.72 Å². The number of nitrogens with zero attached hydrogens (tertiary/aromatic N) is 3. The number of methoxy groups -OCH3 is 1. The first kappa shape index (κ1) is 28.1. The number of amides is 1. The number of carbonyl (C=O) groups excluding carboxylic acids is 1. The third kappa shape index (κ3) is 6.39. The molecule has 0 aliphatic rings. The van der Waals surface area contributed by atoms with E-state index in [-0.39, 0.29) is 10.8 Å². The van der Waals surface area contributed by atoms with Crippen LogP contribution in [0.25, 0.3) is 10.2 Å². The topological polar surface area (TPSA) is 91.8 Å². The number of rotatable bonds is 10. The van der Waals surface area contributed by atoms with Crippen LogP contribution in [0.1, 0.15) is 16.8 Å². The fourth-order valence-corrected chi connectivity index (χ4v) is 6.18. The van der Waals surface area contributed by atoms with E-state index in [4.69, 9.17) is 32.9 Å². The van der Waals surface area contributed by atoms with Gasteiger partial charge in [-0.25, -0.2) is 13.4 Å². The zero-order chi connectivity index (χ0) is 27.4. The van der Waals surface area contributed by atoms with E-state index in [9.17, 15) is 13.2 Å². The van der Waals surface area contributed by atoms with Crippen LogP contribution in [0.5, 0.6) is 5.75 Å². The molecule has 0 saturated heterocycles. The molecular weight excluding hydrogens is 567 g/mol. The van der Waals surface area contributed by atoms with E-state index in [0.717, 1.165) is 17.7 Å².